The van der Waals surface area contributed by atoms with Crippen LogP contribution in [0.1, 0.15) is 37.4 Å². The van der Waals surface area contributed by atoms with E-state index in [1.165, 1.54) is 29.7 Å². The van der Waals surface area contributed by atoms with Gasteiger partial charge in [0.25, 0.3) is 11.8 Å². The van der Waals surface area contributed by atoms with E-state index >= 15 is 0 Å². The predicted octanol–water partition coefficient (Wildman–Crippen LogP) is 3.32. The quantitative estimate of drug-likeness (QED) is 0.295. The molecular formula is C27H30FN5O3S. The number of hydrogen-bond donors (Lipinski definition) is 3. The number of carbonyl (C=O) groups excluding carboxylic acids is 2. The molecule has 37 heavy (non-hydrogen) atoms. The van der Waals surface area contributed by atoms with Gasteiger partial charge in [0.05, 0.1) is 18.4 Å². The average molecular weight is 524 g/mol. The number of hydrogen-bond acceptors (Lipinski definition) is 7. The normalized spacial score (nSPS) is 14.7. The smallest absolute Gasteiger partial charge is 0.274 e. The highest BCUT2D eigenvalue weighted by Crippen LogP contribution is 2.28. The fourth-order valence-corrected chi connectivity index (χ4v) is 5.08. The maximum atomic E-state index is 13.0. The van der Waals surface area contributed by atoms with Crippen LogP contribution in [0, 0.1) is 12.7 Å². The molecule has 1 aromatic heterocycles. The SMILES string of the molecule is Cc1csc(NC(=O)c2cccc(CN3CCN(CCO)CC3)c2)c1C(=O)N/N=C/c1ccc(F)cc1. The number of hydrazone groups is 1. The fraction of sp³-hybridized carbons (Fsp3) is 0.296. The number of anilines is 1. The standard InChI is InChI=1S/C27H30FN5O3S/c1-19-18-37-27(24(19)26(36)31-29-16-20-5-7-23(28)8-6-20)30-25(35)22-4-2-3-21(15-22)17-33-11-9-32(10-12-33)13-14-34/h2-8,15-16,18,34H,9-14,17H2,1H3,(H,30,35)(H,31,36)/b29-16+. The van der Waals surface area contributed by atoms with Gasteiger partial charge in [0.15, 0.2) is 0 Å². The van der Waals surface area contributed by atoms with E-state index in [1.54, 1.807) is 30.5 Å². The summed E-state index contributed by atoms with van der Waals surface area (Å²) in [5.74, 6) is -1.08. The molecule has 2 aromatic carbocycles. The summed E-state index contributed by atoms with van der Waals surface area (Å²) in [7, 11) is 0. The van der Waals surface area contributed by atoms with Gasteiger partial charge < -0.3 is 10.4 Å². The molecule has 0 saturated carbocycles. The predicted molar refractivity (Wildman–Crippen MR) is 144 cm³/mol. The first-order valence-electron chi connectivity index (χ1n) is 12.1. The third kappa shape index (κ3) is 7.30. The number of nitrogens with one attached hydrogen (secondary N) is 2. The number of carbonyl (C=O) groups is 2. The van der Waals surface area contributed by atoms with Gasteiger partial charge in [-0.3, -0.25) is 19.4 Å². The average Bonchev–Trinajstić information content (AvgIpc) is 3.26. The van der Waals surface area contributed by atoms with E-state index in [1.807, 2.05) is 18.2 Å². The third-order valence-corrected chi connectivity index (χ3v) is 7.17. The molecule has 1 aliphatic rings. The molecule has 194 valence electrons. The van der Waals surface area contributed by atoms with Crippen LogP contribution in [-0.2, 0) is 6.54 Å². The van der Waals surface area contributed by atoms with Crippen LogP contribution in [0.25, 0.3) is 0 Å². The van der Waals surface area contributed by atoms with Crippen LogP contribution < -0.4 is 10.7 Å². The second kappa shape index (κ2) is 12.7. The number of aliphatic hydroxyl groups excluding tert-OH is 1. The van der Waals surface area contributed by atoms with Gasteiger partial charge in [0.1, 0.15) is 10.8 Å². The van der Waals surface area contributed by atoms with Gasteiger partial charge in [0, 0.05) is 44.8 Å². The van der Waals surface area contributed by atoms with Crippen molar-refractivity contribution in [3.05, 3.63) is 87.5 Å². The minimum Gasteiger partial charge on any atom is -0.395 e. The van der Waals surface area contributed by atoms with Crippen LogP contribution in [0.3, 0.4) is 0 Å². The van der Waals surface area contributed by atoms with E-state index in [2.05, 4.69) is 25.6 Å². The molecule has 8 nitrogen and oxygen atoms in total. The molecule has 10 heteroatoms. The summed E-state index contributed by atoms with van der Waals surface area (Å²) in [6, 6.07) is 13.2. The Morgan fingerprint density at radius 1 is 1.08 bits per heavy atom. The lowest BCUT2D eigenvalue weighted by Crippen LogP contribution is -2.46. The van der Waals surface area contributed by atoms with Crippen molar-refractivity contribution in [2.24, 2.45) is 5.10 Å². The van der Waals surface area contributed by atoms with Crippen molar-refractivity contribution in [3.8, 4) is 0 Å². The molecule has 0 spiro atoms. The number of benzene rings is 2. The largest absolute Gasteiger partial charge is 0.395 e. The van der Waals surface area contributed by atoms with Gasteiger partial charge in [-0.2, -0.15) is 5.10 Å². The molecule has 1 aliphatic heterocycles. The number of amides is 2. The van der Waals surface area contributed by atoms with Crippen LogP contribution in [0.2, 0.25) is 0 Å². The summed E-state index contributed by atoms with van der Waals surface area (Å²) < 4.78 is 13.0. The molecule has 3 aromatic rings. The molecule has 0 bridgehead atoms. The number of rotatable bonds is 9. The summed E-state index contributed by atoms with van der Waals surface area (Å²) in [5.41, 5.74) is 5.76. The molecule has 2 amide bonds. The highest BCUT2D eigenvalue weighted by Gasteiger charge is 2.20. The monoisotopic (exact) mass is 523 g/mol. The molecule has 1 fully saturated rings. The van der Waals surface area contributed by atoms with Gasteiger partial charge in [-0.05, 0) is 53.3 Å². The molecular weight excluding hydrogens is 493 g/mol. The fourth-order valence-electron chi connectivity index (χ4n) is 4.15. The van der Waals surface area contributed by atoms with Crippen molar-refractivity contribution in [2.45, 2.75) is 13.5 Å². The van der Waals surface area contributed by atoms with Crippen molar-refractivity contribution < 1.29 is 19.1 Å². The van der Waals surface area contributed by atoms with Crippen LogP contribution >= 0.6 is 11.3 Å². The number of halogens is 1. The number of β-amino-alcohol motifs (C(OH)–C–C–N with tert-alkyl or cyclic N) is 1. The first-order valence-corrected chi connectivity index (χ1v) is 12.9. The lowest BCUT2D eigenvalue weighted by Gasteiger charge is -2.34. The van der Waals surface area contributed by atoms with Crippen LogP contribution in [0.15, 0.2) is 59.0 Å². The molecule has 0 unspecified atom stereocenters. The number of thiophene rings is 1. The zero-order chi connectivity index (χ0) is 26.2. The highest BCUT2D eigenvalue weighted by molar-refractivity contribution is 7.15. The lowest BCUT2D eigenvalue weighted by atomic mass is 10.1. The molecule has 0 radical (unpaired) electrons. The second-order valence-electron chi connectivity index (χ2n) is 8.87. The summed E-state index contributed by atoms with van der Waals surface area (Å²) in [6.07, 6.45) is 1.43. The highest BCUT2D eigenvalue weighted by atomic mass is 32.1. The summed E-state index contributed by atoms with van der Waals surface area (Å²) in [4.78, 5) is 30.4. The van der Waals surface area contributed by atoms with E-state index in [0.717, 1.165) is 43.9 Å². The van der Waals surface area contributed by atoms with Gasteiger partial charge in [-0.1, -0.05) is 24.3 Å². The zero-order valence-electron chi connectivity index (χ0n) is 20.6. The van der Waals surface area contributed by atoms with Crippen molar-refractivity contribution in [1.29, 1.82) is 0 Å². The first kappa shape index (κ1) is 26.6. The Hall–Kier alpha value is -3.44. The van der Waals surface area contributed by atoms with Crippen LogP contribution in [0.5, 0.6) is 0 Å². The van der Waals surface area contributed by atoms with Gasteiger partial charge >= 0.3 is 0 Å². The Morgan fingerprint density at radius 2 is 1.81 bits per heavy atom. The van der Waals surface area contributed by atoms with Crippen molar-refractivity contribution >= 4 is 34.4 Å². The van der Waals surface area contributed by atoms with Gasteiger partial charge in [0.2, 0.25) is 0 Å². The molecule has 0 atom stereocenters. The van der Waals surface area contributed by atoms with Crippen molar-refractivity contribution in [3.63, 3.8) is 0 Å². The number of aliphatic hydroxyl groups is 1. The summed E-state index contributed by atoms with van der Waals surface area (Å²) in [5, 5.41) is 18.2. The summed E-state index contributed by atoms with van der Waals surface area (Å²) in [6.45, 7) is 7.06. The summed E-state index contributed by atoms with van der Waals surface area (Å²) >= 11 is 1.28. The van der Waals surface area contributed by atoms with E-state index in [-0.39, 0.29) is 18.3 Å². The molecule has 3 N–H and O–H groups in total. The molecule has 1 saturated heterocycles. The number of piperazine rings is 1. The minimum atomic E-state index is -0.443. The Kier molecular flexibility index (Phi) is 9.13. The maximum absolute atomic E-state index is 13.0. The topological polar surface area (TPSA) is 97.3 Å². The molecule has 0 aliphatic carbocycles. The molecule has 2 heterocycles. The van der Waals surface area contributed by atoms with E-state index in [0.29, 0.717) is 28.2 Å². The Labute approximate surface area is 219 Å². The molecule has 4 rings (SSSR count). The minimum absolute atomic E-state index is 0.174. The zero-order valence-corrected chi connectivity index (χ0v) is 21.4. The van der Waals surface area contributed by atoms with Crippen LogP contribution in [-0.4, -0.2) is 72.3 Å². The van der Waals surface area contributed by atoms with Gasteiger partial charge in [-0.15, -0.1) is 11.3 Å². The van der Waals surface area contributed by atoms with Crippen molar-refractivity contribution in [1.82, 2.24) is 15.2 Å². The Balaban J connectivity index is 1.37. The number of nitrogens with zero attached hydrogens (tertiary/aromatic N) is 3. The van der Waals surface area contributed by atoms with Gasteiger partial charge in [-0.25, -0.2) is 9.82 Å². The number of aryl methyl sites for hydroxylation is 1. The van der Waals surface area contributed by atoms with E-state index < -0.39 is 5.91 Å². The second-order valence-corrected chi connectivity index (χ2v) is 9.75. The Bertz CT molecular complexity index is 1250. The lowest BCUT2D eigenvalue weighted by molar-refractivity contribution is 0.0956. The van der Waals surface area contributed by atoms with E-state index in [4.69, 9.17) is 5.11 Å². The first-order chi connectivity index (χ1) is 17.9. The van der Waals surface area contributed by atoms with E-state index in [9.17, 15) is 14.0 Å². The Morgan fingerprint density at radius 3 is 2.54 bits per heavy atom. The van der Waals surface area contributed by atoms with Crippen LogP contribution in [0.4, 0.5) is 9.39 Å². The third-order valence-electron chi connectivity index (χ3n) is 6.16. The maximum Gasteiger partial charge on any atom is 0.274 e. The van der Waals surface area contributed by atoms with Crippen molar-refractivity contribution in [2.75, 3.05) is 44.6 Å².